The monoisotopic (exact) mass is 480 g/mol. The van der Waals surface area contributed by atoms with Crippen LogP contribution in [0.3, 0.4) is 0 Å². The van der Waals surface area contributed by atoms with Crippen LogP contribution in [0.5, 0.6) is 0 Å². The van der Waals surface area contributed by atoms with Crippen molar-refractivity contribution in [2.75, 3.05) is 0 Å². The van der Waals surface area contributed by atoms with Crippen molar-refractivity contribution in [1.82, 2.24) is 5.32 Å². The highest BCUT2D eigenvalue weighted by atomic mass is 79.9. The fourth-order valence-electron chi connectivity index (χ4n) is 4.18. The zero-order valence-corrected chi connectivity index (χ0v) is 19.0. The van der Waals surface area contributed by atoms with Crippen molar-refractivity contribution in [3.63, 3.8) is 0 Å². The molecule has 1 aliphatic rings. The molecule has 0 aliphatic carbocycles. The first kappa shape index (κ1) is 21.3. The number of nitrogens with zero attached hydrogens (tertiary/aromatic N) is 1. The van der Waals surface area contributed by atoms with Gasteiger partial charge in [-0.05, 0) is 51.5 Å². The van der Waals surface area contributed by atoms with E-state index in [1.807, 2.05) is 17.5 Å². The Hall–Kier alpha value is -1.39. The van der Waals surface area contributed by atoms with Gasteiger partial charge < -0.3 is 5.11 Å². The number of nitriles is 1. The summed E-state index contributed by atoms with van der Waals surface area (Å²) >= 11 is 11.2. The van der Waals surface area contributed by atoms with Gasteiger partial charge in [0.15, 0.2) is 0 Å². The SMILES string of the molecule is CC(C)(C)CC1NC(C(=O)O)C(c2cccc(Cl)c2)C1(C#N)c1cc(Br)cs1. The van der Waals surface area contributed by atoms with Gasteiger partial charge in [0.1, 0.15) is 11.5 Å². The van der Waals surface area contributed by atoms with Crippen LogP contribution in [0.25, 0.3) is 0 Å². The number of aliphatic carboxylic acids is 1. The summed E-state index contributed by atoms with van der Waals surface area (Å²) in [5, 5.41) is 26.3. The van der Waals surface area contributed by atoms with E-state index in [-0.39, 0.29) is 11.5 Å². The van der Waals surface area contributed by atoms with E-state index in [2.05, 4.69) is 48.1 Å². The van der Waals surface area contributed by atoms with E-state index in [1.165, 1.54) is 11.3 Å². The molecule has 0 radical (unpaired) electrons. The van der Waals surface area contributed by atoms with Gasteiger partial charge in [0.25, 0.3) is 0 Å². The van der Waals surface area contributed by atoms with Gasteiger partial charge in [-0.25, -0.2) is 0 Å². The van der Waals surface area contributed by atoms with Crippen LogP contribution in [0.15, 0.2) is 40.2 Å². The van der Waals surface area contributed by atoms with Crippen molar-refractivity contribution in [2.45, 2.75) is 50.6 Å². The van der Waals surface area contributed by atoms with E-state index in [9.17, 15) is 15.2 Å². The van der Waals surface area contributed by atoms with Crippen LogP contribution in [0.1, 0.15) is 43.6 Å². The molecular formula is C21H22BrClN2O2S. The van der Waals surface area contributed by atoms with Gasteiger partial charge in [-0.3, -0.25) is 10.1 Å². The molecule has 2 heterocycles. The van der Waals surface area contributed by atoms with Crippen LogP contribution in [0.2, 0.25) is 5.02 Å². The summed E-state index contributed by atoms with van der Waals surface area (Å²) in [6.45, 7) is 6.30. The number of thiophene rings is 1. The van der Waals surface area contributed by atoms with E-state index in [1.54, 1.807) is 18.2 Å². The molecule has 1 fully saturated rings. The normalized spacial score (nSPS) is 27.5. The van der Waals surface area contributed by atoms with E-state index in [0.717, 1.165) is 14.9 Å². The van der Waals surface area contributed by atoms with E-state index >= 15 is 0 Å². The van der Waals surface area contributed by atoms with Crippen molar-refractivity contribution in [1.29, 1.82) is 5.26 Å². The predicted octanol–water partition coefficient (Wildman–Crippen LogP) is 5.57. The Morgan fingerprint density at radius 1 is 1.43 bits per heavy atom. The van der Waals surface area contributed by atoms with Crippen molar-refractivity contribution in [2.24, 2.45) is 5.41 Å². The van der Waals surface area contributed by atoms with Crippen molar-refractivity contribution >= 4 is 44.8 Å². The van der Waals surface area contributed by atoms with Gasteiger partial charge in [-0.1, -0.05) is 44.5 Å². The average molecular weight is 482 g/mol. The third-order valence-electron chi connectivity index (χ3n) is 5.20. The van der Waals surface area contributed by atoms with Gasteiger partial charge >= 0.3 is 5.97 Å². The van der Waals surface area contributed by atoms with Crippen molar-refractivity contribution in [3.05, 3.63) is 55.6 Å². The molecule has 0 saturated carbocycles. The molecule has 1 aromatic carbocycles. The lowest BCUT2D eigenvalue weighted by Gasteiger charge is -2.36. The lowest BCUT2D eigenvalue weighted by atomic mass is 9.65. The highest BCUT2D eigenvalue weighted by molar-refractivity contribution is 9.10. The highest BCUT2D eigenvalue weighted by Gasteiger charge is 2.60. The number of hydrogen-bond acceptors (Lipinski definition) is 4. The minimum absolute atomic E-state index is 0.0828. The topological polar surface area (TPSA) is 73.1 Å². The number of carbonyl (C=O) groups is 1. The fraction of sp³-hybridized carbons (Fsp3) is 0.429. The predicted molar refractivity (Wildman–Crippen MR) is 116 cm³/mol. The molecule has 1 aliphatic heterocycles. The van der Waals surface area contributed by atoms with Crippen molar-refractivity contribution < 1.29 is 9.90 Å². The van der Waals surface area contributed by atoms with E-state index < -0.39 is 23.3 Å². The number of carboxylic acid groups (broad SMARTS) is 1. The Morgan fingerprint density at radius 3 is 2.64 bits per heavy atom. The molecule has 0 amide bonds. The van der Waals surface area contributed by atoms with Crippen LogP contribution < -0.4 is 5.32 Å². The number of carboxylic acids is 1. The third kappa shape index (κ3) is 3.86. The third-order valence-corrected chi connectivity index (χ3v) is 7.28. The lowest BCUT2D eigenvalue weighted by molar-refractivity contribution is -0.139. The number of nitrogens with one attached hydrogen (secondary N) is 1. The molecule has 4 nitrogen and oxygen atoms in total. The molecule has 4 atom stereocenters. The van der Waals surface area contributed by atoms with Crippen LogP contribution in [0.4, 0.5) is 0 Å². The Bertz CT molecular complexity index is 933. The maximum atomic E-state index is 12.2. The second kappa shape index (κ2) is 7.79. The van der Waals surface area contributed by atoms with Crippen LogP contribution >= 0.6 is 38.9 Å². The van der Waals surface area contributed by atoms with Crippen LogP contribution in [0, 0.1) is 16.7 Å². The molecule has 3 rings (SSSR count). The minimum atomic E-state index is -1.02. The summed E-state index contributed by atoms with van der Waals surface area (Å²) in [5.41, 5.74) is -0.340. The second-order valence-electron chi connectivity index (χ2n) is 8.44. The molecule has 2 N–H and O–H groups in total. The molecule has 148 valence electrons. The Labute approximate surface area is 182 Å². The molecule has 2 aromatic rings. The van der Waals surface area contributed by atoms with Gasteiger partial charge in [0, 0.05) is 31.7 Å². The maximum Gasteiger partial charge on any atom is 0.321 e. The summed E-state index contributed by atoms with van der Waals surface area (Å²) in [7, 11) is 0. The Kier molecular flexibility index (Phi) is 5.94. The Balaban J connectivity index is 2.27. The average Bonchev–Trinajstić information content (AvgIpc) is 3.15. The van der Waals surface area contributed by atoms with Crippen molar-refractivity contribution in [3.8, 4) is 6.07 Å². The lowest BCUT2D eigenvalue weighted by Crippen LogP contribution is -2.43. The molecule has 1 saturated heterocycles. The van der Waals surface area contributed by atoms with Gasteiger partial charge in [-0.2, -0.15) is 5.26 Å². The number of rotatable bonds is 4. The van der Waals surface area contributed by atoms with E-state index in [0.29, 0.717) is 11.4 Å². The molecule has 28 heavy (non-hydrogen) atoms. The summed E-state index contributed by atoms with van der Waals surface area (Å²) in [4.78, 5) is 13.1. The molecule has 0 spiro atoms. The summed E-state index contributed by atoms with van der Waals surface area (Å²) in [6.07, 6.45) is 0.664. The highest BCUT2D eigenvalue weighted by Crippen LogP contribution is 2.53. The first-order valence-electron chi connectivity index (χ1n) is 8.98. The summed E-state index contributed by atoms with van der Waals surface area (Å²) < 4.78 is 0.889. The molecule has 7 heteroatoms. The Morgan fingerprint density at radius 2 is 2.14 bits per heavy atom. The van der Waals surface area contributed by atoms with Gasteiger partial charge in [-0.15, -0.1) is 11.3 Å². The minimum Gasteiger partial charge on any atom is -0.480 e. The molecule has 0 bridgehead atoms. The first-order chi connectivity index (χ1) is 13.1. The standard InChI is InChI=1S/C21H22BrClN2O2S/c1-20(2,3)9-15-21(11-24,16-8-13(22)10-28-16)17(18(25-15)19(26)27)12-5-4-6-14(23)7-12/h4-8,10,15,17-18,25H,9H2,1-3H3,(H,26,27). The zero-order chi connectivity index (χ0) is 20.7. The van der Waals surface area contributed by atoms with Crippen LogP contribution in [-0.4, -0.2) is 23.2 Å². The van der Waals surface area contributed by atoms with Crippen LogP contribution in [-0.2, 0) is 10.2 Å². The number of benzene rings is 1. The quantitative estimate of drug-likeness (QED) is 0.599. The van der Waals surface area contributed by atoms with Gasteiger partial charge in [0.2, 0.25) is 0 Å². The summed E-state index contributed by atoms with van der Waals surface area (Å²) in [6, 6.07) is 10.5. The number of halogens is 2. The van der Waals surface area contributed by atoms with Gasteiger partial charge in [0.05, 0.1) is 6.07 Å². The smallest absolute Gasteiger partial charge is 0.321 e. The fourth-order valence-corrected chi connectivity index (χ4v) is 6.06. The van der Waals surface area contributed by atoms with E-state index in [4.69, 9.17) is 11.6 Å². The zero-order valence-electron chi connectivity index (χ0n) is 15.9. The largest absolute Gasteiger partial charge is 0.480 e. The maximum absolute atomic E-state index is 12.2. The molecule has 1 aromatic heterocycles. The molecular weight excluding hydrogens is 460 g/mol. The first-order valence-corrected chi connectivity index (χ1v) is 11.0. The summed E-state index contributed by atoms with van der Waals surface area (Å²) in [5.74, 6) is -1.52. The number of hydrogen-bond donors (Lipinski definition) is 2. The molecule has 4 unspecified atom stereocenters. The second-order valence-corrected chi connectivity index (χ2v) is 10.7.